The van der Waals surface area contributed by atoms with E-state index in [-0.39, 0.29) is 23.2 Å². The Bertz CT molecular complexity index is 1110. The van der Waals surface area contributed by atoms with E-state index in [0.29, 0.717) is 10.5 Å². The van der Waals surface area contributed by atoms with Crippen molar-refractivity contribution in [3.05, 3.63) is 75.3 Å². The maximum atomic E-state index is 12.7. The Hall–Kier alpha value is -3.32. The highest BCUT2D eigenvalue weighted by atomic mass is 32.2. The molecule has 3 rings (SSSR count). The number of halogens is 3. The Morgan fingerprint density at radius 3 is 1.97 bits per heavy atom. The van der Waals surface area contributed by atoms with E-state index < -0.39 is 45.0 Å². The molecule has 1 aliphatic heterocycles. The molecule has 1 aliphatic rings. The van der Waals surface area contributed by atoms with Gasteiger partial charge in [-0.2, -0.15) is 21.6 Å². The number of nitrogens with zero attached hydrogens (tertiary/aromatic N) is 2. The van der Waals surface area contributed by atoms with Gasteiger partial charge in [0.05, 0.1) is 28.7 Å². The molecular formula is C18H13F3N2O7S. The van der Waals surface area contributed by atoms with Gasteiger partial charge in [0.25, 0.3) is 17.5 Å². The minimum absolute atomic E-state index is 0.0138. The summed E-state index contributed by atoms with van der Waals surface area (Å²) >= 11 is 0. The van der Waals surface area contributed by atoms with Crippen molar-refractivity contribution in [1.29, 1.82) is 0 Å². The summed E-state index contributed by atoms with van der Waals surface area (Å²) in [5, 5.41) is 10.8. The van der Waals surface area contributed by atoms with Crippen molar-refractivity contribution in [2.45, 2.75) is 18.0 Å². The van der Waals surface area contributed by atoms with Gasteiger partial charge in [0.1, 0.15) is 0 Å². The van der Waals surface area contributed by atoms with Gasteiger partial charge in [-0.1, -0.05) is 24.3 Å². The Morgan fingerprint density at radius 2 is 1.52 bits per heavy atom. The van der Waals surface area contributed by atoms with Crippen molar-refractivity contribution in [2.75, 3.05) is 6.61 Å². The van der Waals surface area contributed by atoms with Crippen molar-refractivity contribution >= 4 is 27.6 Å². The summed E-state index contributed by atoms with van der Waals surface area (Å²) < 4.78 is 64.7. The fourth-order valence-corrected chi connectivity index (χ4v) is 3.49. The minimum Gasteiger partial charge on any atom is -0.269 e. The van der Waals surface area contributed by atoms with Crippen LogP contribution in [-0.4, -0.2) is 48.2 Å². The maximum absolute atomic E-state index is 12.7. The normalized spacial score (nSPS) is 15.1. The van der Waals surface area contributed by atoms with E-state index in [1.54, 1.807) is 0 Å². The molecule has 1 heterocycles. The first-order valence-electron chi connectivity index (χ1n) is 8.58. The predicted octanol–water partition coefficient (Wildman–Crippen LogP) is 2.67. The molecule has 0 fully saturated rings. The zero-order valence-electron chi connectivity index (χ0n) is 15.4. The average molecular weight is 458 g/mol. The number of imide groups is 1. The van der Waals surface area contributed by atoms with Gasteiger partial charge >= 0.3 is 15.6 Å². The number of nitro groups is 1. The lowest BCUT2D eigenvalue weighted by Crippen LogP contribution is -2.45. The molecule has 2 aromatic rings. The van der Waals surface area contributed by atoms with Gasteiger partial charge in [0, 0.05) is 12.1 Å². The first-order chi connectivity index (χ1) is 14.4. The summed E-state index contributed by atoms with van der Waals surface area (Å²) in [5.74, 6) is -1.64. The molecule has 164 valence electrons. The maximum Gasteiger partial charge on any atom is 0.523 e. The number of nitro benzene ring substituents is 1. The van der Waals surface area contributed by atoms with E-state index in [2.05, 4.69) is 4.18 Å². The van der Waals surface area contributed by atoms with E-state index >= 15 is 0 Å². The largest absolute Gasteiger partial charge is 0.523 e. The molecule has 0 N–H and O–H groups in total. The van der Waals surface area contributed by atoms with Gasteiger partial charge < -0.3 is 0 Å². The van der Waals surface area contributed by atoms with Crippen LogP contribution in [0, 0.1) is 10.1 Å². The minimum atomic E-state index is -5.97. The zero-order chi connectivity index (χ0) is 23.0. The molecular weight excluding hydrogens is 445 g/mol. The number of rotatable bonds is 7. The predicted molar refractivity (Wildman–Crippen MR) is 98.5 cm³/mol. The van der Waals surface area contributed by atoms with Crippen LogP contribution in [-0.2, 0) is 20.7 Å². The number of hydrogen-bond acceptors (Lipinski definition) is 7. The van der Waals surface area contributed by atoms with E-state index in [9.17, 15) is 41.3 Å². The van der Waals surface area contributed by atoms with Crippen LogP contribution in [0.25, 0.3) is 0 Å². The van der Waals surface area contributed by atoms with Crippen molar-refractivity contribution in [2.24, 2.45) is 0 Å². The number of fused-ring (bicyclic) bond motifs is 1. The highest BCUT2D eigenvalue weighted by Crippen LogP contribution is 2.29. The molecule has 13 heteroatoms. The topological polar surface area (TPSA) is 124 Å². The Labute approximate surface area is 173 Å². The summed E-state index contributed by atoms with van der Waals surface area (Å²) in [6.07, 6.45) is -0.295. The second kappa shape index (κ2) is 8.07. The second-order valence-corrected chi connectivity index (χ2v) is 8.10. The lowest BCUT2D eigenvalue weighted by Gasteiger charge is -2.26. The number of alkyl halides is 3. The summed E-state index contributed by atoms with van der Waals surface area (Å²) in [6.45, 7) is -1.15. The van der Waals surface area contributed by atoms with Crippen molar-refractivity contribution < 1.29 is 40.3 Å². The highest BCUT2D eigenvalue weighted by molar-refractivity contribution is 7.87. The van der Waals surface area contributed by atoms with Crippen LogP contribution in [0.2, 0.25) is 0 Å². The van der Waals surface area contributed by atoms with E-state index in [0.717, 1.165) is 12.1 Å². The first-order valence-corrected chi connectivity index (χ1v) is 9.99. The van der Waals surface area contributed by atoms with Crippen molar-refractivity contribution in [3.8, 4) is 0 Å². The standard InChI is InChI=1S/C18H13F3N2O7S/c19-18(20,21)31(28,29)30-10-13(9-11-5-7-12(8-6-11)23(26)27)22-16(24)14-3-1-2-4-15(14)17(22)25/h1-8,13H,9-10H2/t13-/m0/s1. The molecule has 2 amide bonds. The summed E-state index contributed by atoms with van der Waals surface area (Å²) in [7, 11) is -5.97. The molecule has 0 saturated heterocycles. The van der Waals surface area contributed by atoms with Crippen molar-refractivity contribution in [3.63, 3.8) is 0 Å². The summed E-state index contributed by atoms with van der Waals surface area (Å²) in [5.41, 5.74) is -5.61. The zero-order valence-corrected chi connectivity index (χ0v) is 16.2. The molecule has 0 spiro atoms. The summed E-state index contributed by atoms with van der Waals surface area (Å²) in [4.78, 5) is 36.1. The smallest absolute Gasteiger partial charge is 0.269 e. The third-order valence-electron chi connectivity index (χ3n) is 4.51. The molecule has 0 unspecified atom stereocenters. The fraction of sp³-hybridized carbons (Fsp3) is 0.222. The third kappa shape index (κ3) is 4.41. The van der Waals surface area contributed by atoms with Gasteiger partial charge in [-0.25, -0.2) is 0 Å². The van der Waals surface area contributed by atoms with Gasteiger partial charge in [0.2, 0.25) is 0 Å². The number of benzene rings is 2. The van der Waals surface area contributed by atoms with Crippen LogP contribution >= 0.6 is 0 Å². The number of carbonyl (C=O) groups is 2. The lowest BCUT2D eigenvalue weighted by atomic mass is 10.0. The van der Waals surface area contributed by atoms with E-state index in [1.807, 2.05) is 0 Å². The first kappa shape index (κ1) is 22.4. The molecule has 0 radical (unpaired) electrons. The fourth-order valence-electron chi connectivity index (χ4n) is 3.03. The Kier molecular flexibility index (Phi) is 5.83. The highest BCUT2D eigenvalue weighted by Gasteiger charge is 2.48. The molecule has 0 saturated carbocycles. The lowest BCUT2D eigenvalue weighted by molar-refractivity contribution is -0.384. The van der Waals surface area contributed by atoms with Gasteiger partial charge in [-0.3, -0.25) is 28.8 Å². The Morgan fingerprint density at radius 1 is 1.00 bits per heavy atom. The number of non-ortho nitro benzene ring substituents is 1. The molecule has 1 atom stereocenters. The van der Waals surface area contributed by atoms with Crippen molar-refractivity contribution in [1.82, 2.24) is 4.90 Å². The molecule has 0 aromatic heterocycles. The van der Waals surface area contributed by atoms with Crippen LogP contribution in [0.15, 0.2) is 48.5 Å². The van der Waals surface area contributed by atoms with E-state index in [1.165, 1.54) is 36.4 Å². The SMILES string of the molecule is O=C1c2ccccc2C(=O)N1[C@H](COS(=O)(=O)C(F)(F)F)Cc1ccc([N+](=O)[O-])cc1. The second-order valence-electron chi connectivity index (χ2n) is 6.49. The van der Waals surface area contributed by atoms with Crippen LogP contribution < -0.4 is 0 Å². The average Bonchev–Trinajstić information content (AvgIpc) is 2.95. The Balaban J connectivity index is 1.92. The number of carbonyl (C=O) groups excluding carboxylic acids is 2. The molecule has 9 nitrogen and oxygen atoms in total. The number of hydrogen-bond donors (Lipinski definition) is 0. The quantitative estimate of drug-likeness (QED) is 0.205. The van der Waals surface area contributed by atoms with Crippen LogP contribution in [0.5, 0.6) is 0 Å². The van der Waals surface area contributed by atoms with Gasteiger partial charge in [0.15, 0.2) is 0 Å². The molecule has 2 aromatic carbocycles. The van der Waals surface area contributed by atoms with Crippen LogP contribution in [0.3, 0.4) is 0 Å². The molecule has 31 heavy (non-hydrogen) atoms. The molecule has 0 aliphatic carbocycles. The van der Waals surface area contributed by atoms with Crippen LogP contribution in [0.1, 0.15) is 26.3 Å². The number of amides is 2. The summed E-state index contributed by atoms with van der Waals surface area (Å²) in [6, 6.07) is 9.07. The monoisotopic (exact) mass is 458 g/mol. The van der Waals surface area contributed by atoms with Gasteiger partial charge in [-0.15, -0.1) is 0 Å². The van der Waals surface area contributed by atoms with Crippen LogP contribution in [0.4, 0.5) is 18.9 Å². The molecule has 0 bridgehead atoms. The van der Waals surface area contributed by atoms with E-state index in [4.69, 9.17) is 0 Å². The van der Waals surface area contributed by atoms with Gasteiger partial charge in [-0.05, 0) is 24.1 Å². The third-order valence-corrected chi connectivity index (χ3v) is 5.52.